The van der Waals surface area contributed by atoms with Crippen molar-refractivity contribution in [2.24, 2.45) is 7.05 Å². The maximum atomic E-state index is 13.5. The number of aryl methyl sites for hydroxylation is 1. The van der Waals surface area contributed by atoms with Crippen molar-refractivity contribution >= 4 is 11.8 Å². The maximum Gasteiger partial charge on any atom is 0.270 e. The number of rotatable bonds is 4. The monoisotopic (exact) mass is 440 g/mol. The Morgan fingerprint density at radius 2 is 1.88 bits per heavy atom. The average molecular weight is 441 g/mol. The van der Waals surface area contributed by atoms with Gasteiger partial charge in [-0.3, -0.25) is 14.3 Å². The molecule has 1 N–H and O–H groups in total. The standard InChI is InChI=1S/C24H32N4O4/c1-16(2)19-13-20(27(4)26-19)22(29)25-17(3)23(30)28-14-18-7-5-6-8-21(18)32-24(15-28)9-11-31-12-10-24/h5-8,13,16-17H,9-12,14-15H2,1-4H3,(H,25,29)/t17-/m1/s1. The number of hydrogen-bond donors (Lipinski definition) is 1. The smallest absolute Gasteiger partial charge is 0.270 e. The summed E-state index contributed by atoms with van der Waals surface area (Å²) in [6, 6.07) is 8.95. The molecule has 4 rings (SSSR count). The Balaban J connectivity index is 1.52. The number of nitrogens with zero attached hydrogens (tertiary/aromatic N) is 3. The molecule has 2 amide bonds. The summed E-state index contributed by atoms with van der Waals surface area (Å²) >= 11 is 0. The van der Waals surface area contributed by atoms with Crippen LogP contribution in [0.3, 0.4) is 0 Å². The fraction of sp³-hybridized carbons (Fsp3) is 0.542. The van der Waals surface area contributed by atoms with E-state index in [2.05, 4.69) is 10.4 Å². The van der Waals surface area contributed by atoms with Crippen molar-refractivity contribution in [1.29, 1.82) is 0 Å². The van der Waals surface area contributed by atoms with Gasteiger partial charge >= 0.3 is 0 Å². The number of benzene rings is 1. The van der Waals surface area contributed by atoms with Crippen molar-refractivity contribution in [3.8, 4) is 5.75 Å². The van der Waals surface area contributed by atoms with Crippen LogP contribution < -0.4 is 10.1 Å². The molecule has 8 heteroatoms. The SMILES string of the molecule is CC(C)c1cc(C(=O)N[C@H](C)C(=O)N2Cc3ccccc3OC3(CCOCC3)C2)n(C)n1. The molecule has 0 radical (unpaired) electrons. The topological polar surface area (TPSA) is 85.7 Å². The van der Waals surface area contributed by atoms with Crippen LogP contribution in [-0.2, 0) is 23.1 Å². The average Bonchev–Trinajstić information content (AvgIpc) is 3.09. The van der Waals surface area contributed by atoms with Crippen LogP contribution >= 0.6 is 0 Å². The molecule has 1 aromatic carbocycles. The highest BCUT2D eigenvalue weighted by atomic mass is 16.5. The first-order chi connectivity index (χ1) is 15.3. The van der Waals surface area contributed by atoms with E-state index in [9.17, 15) is 9.59 Å². The van der Waals surface area contributed by atoms with Crippen LogP contribution in [0.25, 0.3) is 0 Å². The van der Waals surface area contributed by atoms with E-state index < -0.39 is 11.6 Å². The van der Waals surface area contributed by atoms with Crippen LogP contribution in [-0.4, -0.2) is 57.9 Å². The third-order valence-corrected chi connectivity index (χ3v) is 6.30. The number of carbonyl (C=O) groups excluding carboxylic acids is 2. The van der Waals surface area contributed by atoms with E-state index in [0.29, 0.717) is 32.0 Å². The molecule has 0 unspecified atom stereocenters. The molecule has 2 aliphatic rings. The van der Waals surface area contributed by atoms with Gasteiger partial charge in [-0.2, -0.15) is 5.10 Å². The van der Waals surface area contributed by atoms with Crippen molar-refractivity contribution in [1.82, 2.24) is 20.0 Å². The second-order valence-corrected chi connectivity index (χ2v) is 9.13. The Bertz CT molecular complexity index is 994. The number of hydrogen-bond acceptors (Lipinski definition) is 5. The minimum Gasteiger partial charge on any atom is -0.485 e. The quantitative estimate of drug-likeness (QED) is 0.790. The minimum atomic E-state index is -0.679. The second-order valence-electron chi connectivity index (χ2n) is 9.13. The predicted molar refractivity (Wildman–Crippen MR) is 119 cm³/mol. The lowest BCUT2D eigenvalue weighted by Crippen LogP contribution is -2.54. The Kier molecular flexibility index (Phi) is 6.24. The molecule has 2 aliphatic heterocycles. The number of aromatic nitrogens is 2. The molecule has 2 aromatic rings. The molecular weight excluding hydrogens is 408 g/mol. The molecule has 1 fully saturated rings. The van der Waals surface area contributed by atoms with Gasteiger partial charge in [0.1, 0.15) is 23.1 Å². The normalized spacial score (nSPS) is 18.6. The highest BCUT2D eigenvalue weighted by Crippen LogP contribution is 2.35. The van der Waals surface area contributed by atoms with E-state index in [1.807, 2.05) is 43.0 Å². The molecule has 0 bridgehead atoms. The van der Waals surface area contributed by atoms with E-state index in [1.54, 1.807) is 24.7 Å². The van der Waals surface area contributed by atoms with Gasteiger partial charge in [0.25, 0.3) is 5.91 Å². The van der Waals surface area contributed by atoms with Gasteiger partial charge in [0.15, 0.2) is 0 Å². The zero-order valence-electron chi connectivity index (χ0n) is 19.3. The summed E-state index contributed by atoms with van der Waals surface area (Å²) in [6.07, 6.45) is 1.44. The van der Waals surface area contributed by atoms with Crippen molar-refractivity contribution in [3.05, 3.63) is 47.3 Å². The molecule has 0 saturated carbocycles. The highest BCUT2D eigenvalue weighted by molar-refractivity contribution is 5.96. The van der Waals surface area contributed by atoms with Crippen LogP contribution in [0, 0.1) is 0 Å². The molecule has 32 heavy (non-hydrogen) atoms. The third-order valence-electron chi connectivity index (χ3n) is 6.30. The van der Waals surface area contributed by atoms with E-state index in [1.165, 1.54) is 0 Å². The van der Waals surface area contributed by atoms with Gasteiger partial charge in [-0.1, -0.05) is 32.0 Å². The molecule has 1 saturated heterocycles. The Labute approximate surface area is 188 Å². The van der Waals surface area contributed by atoms with E-state index in [0.717, 1.165) is 29.8 Å². The van der Waals surface area contributed by atoms with Gasteiger partial charge in [-0.25, -0.2) is 0 Å². The van der Waals surface area contributed by atoms with Gasteiger partial charge in [-0.15, -0.1) is 0 Å². The number of carbonyl (C=O) groups is 2. The lowest BCUT2D eigenvalue weighted by atomic mass is 9.93. The van der Waals surface area contributed by atoms with Crippen molar-refractivity contribution in [2.75, 3.05) is 19.8 Å². The van der Waals surface area contributed by atoms with Crippen LogP contribution in [0.2, 0.25) is 0 Å². The molecule has 1 atom stereocenters. The van der Waals surface area contributed by atoms with Gasteiger partial charge < -0.3 is 19.7 Å². The fourth-order valence-electron chi connectivity index (χ4n) is 4.36. The first kappa shape index (κ1) is 22.3. The molecule has 172 valence electrons. The lowest BCUT2D eigenvalue weighted by molar-refractivity contribution is -0.138. The van der Waals surface area contributed by atoms with Crippen LogP contribution in [0.5, 0.6) is 5.75 Å². The molecule has 1 aromatic heterocycles. The number of amides is 2. The summed E-state index contributed by atoms with van der Waals surface area (Å²) in [4.78, 5) is 28.1. The number of nitrogens with one attached hydrogen (secondary N) is 1. The van der Waals surface area contributed by atoms with Crippen LogP contribution in [0.15, 0.2) is 30.3 Å². The highest BCUT2D eigenvalue weighted by Gasteiger charge is 2.41. The third kappa shape index (κ3) is 4.50. The summed E-state index contributed by atoms with van der Waals surface area (Å²) in [5, 5.41) is 7.27. The molecule has 0 aliphatic carbocycles. The zero-order valence-corrected chi connectivity index (χ0v) is 19.3. The van der Waals surface area contributed by atoms with Crippen LogP contribution in [0.1, 0.15) is 61.3 Å². The zero-order chi connectivity index (χ0) is 22.9. The predicted octanol–water partition coefficient (Wildman–Crippen LogP) is 2.63. The number of fused-ring (bicyclic) bond motifs is 1. The Morgan fingerprint density at radius 3 is 2.56 bits per heavy atom. The van der Waals surface area contributed by atoms with Gasteiger partial charge in [-0.05, 0) is 25.0 Å². The van der Waals surface area contributed by atoms with E-state index in [-0.39, 0.29) is 17.7 Å². The maximum absolute atomic E-state index is 13.5. The van der Waals surface area contributed by atoms with Crippen molar-refractivity contribution < 1.29 is 19.1 Å². The molecule has 1 spiro atoms. The van der Waals surface area contributed by atoms with Gasteiger partial charge in [0.2, 0.25) is 5.91 Å². The summed E-state index contributed by atoms with van der Waals surface area (Å²) in [5.74, 6) is 0.600. The Morgan fingerprint density at radius 1 is 1.16 bits per heavy atom. The van der Waals surface area contributed by atoms with Crippen molar-refractivity contribution in [3.63, 3.8) is 0 Å². The molecule has 8 nitrogen and oxygen atoms in total. The summed E-state index contributed by atoms with van der Waals surface area (Å²) in [7, 11) is 1.74. The molecular formula is C24H32N4O4. The van der Waals surface area contributed by atoms with E-state index >= 15 is 0 Å². The second kappa shape index (κ2) is 8.94. The Hall–Kier alpha value is -2.87. The number of ether oxygens (including phenoxy) is 2. The lowest BCUT2D eigenvalue weighted by Gasteiger charge is -2.39. The number of para-hydroxylation sites is 1. The van der Waals surface area contributed by atoms with Gasteiger partial charge in [0, 0.05) is 32.0 Å². The summed E-state index contributed by atoms with van der Waals surface area (Å²) in [5.41, 5.74) is 1.78. The first-order valence-electron chi connectivity index (χ1n) is 11.3. The first-order valence-corrected chi connectivity index (χ1v) is 11.3. The largest absolute Gasteiger partial charge is 0.485 e. The van der Waals surface area contributed by atoms with Crippen molar-refractivity contribution in [2.45, 2.75) is 57.7 Å². The summed E-state index contributed by atoms with van der Waals surface area (Å²) < 4.78 is 13.6. The minimum absolute atomic E-state index is 0.129. The van der Waals surface area contributed by atoms with Gasteiger partial charge in [0.05, 0.1) is 25.5 Å². The summed E-state index contributed by atoms with van der Waals surface area (Å²) in [6.45, 7) is 7.91. The van der Waals surface area contributed by atoms with E-state index in [4.69, 9.17) is 9.47 Å². The molecule has 3 heterocycles. The fourth-order valence-corrected chi connectivity index (χ4v) is 4.36. The van der Waals surface area contributed by atoms with Crippen LogP contribution in [0.4, 0.5) is 0 Å².